The van der Waals surface area contributed by atoms with Gasteiger partial charge in [-0.25, -0.2) is 13.1 Å². The molecule has 2 N–H and O–H groups in total. The lowest BCUT2D eigenvalue weighted by molar-refractivity contribution is 0.285. The van der Waals surface area contributed by atoms with Gasteiger partial charge >= 0.3 is 0 Å². The Morgan fingerprint density at radius 2 is 2.06 bits per heavy atom. The molecule has 0 saturated carbocycles. The molecule has 1 aromatic rings. The van der Waals surface area contributed by atoms with E-state index in [2.05, 4.69) is 25.5 Å². The summed E-state index contributed by atoms with van der Waals surface area (Å²) in [4.78, 5) is 0.890. The molecule has 1 rings (SSSR count). The molecule has 0 bridgehead atoms. The Kier molecular flexibility index (Phi) is 4.71. The molecule has 0 aliphatic carbocycles. The topological polar surface area (TPSA) is 66.4 Å². The average Bonchev–Trinajstić information content (AvgIpc) is 2.63. The SMILES string of the molecule is CC(C)(C)CCNS(=O)(=O)c1csc(CO)c1. The zero-order valence-corrected chi connectivity index (χ0v) is 12.0. The summed E-state index contributed by atoms with van der Waals surface area (Å²) >= 11 is 1.25. The van der Waals surface area contributed by atoms with Gasteiger partial charge in [0.15, 0.2) is 0 Å². The first-order chi connectivity index (χ1) is 7.74. The summed E-state index contributed by atoms with van der Waals surface area (Å²) in [6.45, 7) is 6.50. The van der Waals surface area contributed by atoms with Crippen LogP contribution in [0.3, 0.4) is 0 Å². The third-order valence-electron chi connectivity index (χ3n) is 2.26. The fourth-order valence-corrected chi connectivity index (χ4v) is 3.39. The molecule has 0 aliphatic rings. The number of sulfonamides is 1. The first-order valence-electron chi connectivity index (χ1n) is 5.42. The maximum absolute atomic E-state index is 11.9. The zero-order valence-electron chi connectivity index (χ0n) is 10.4. The molecule has 6 heteroatoms. The fraction of sp³-hybridized carbons (Fsp3) is 0.636. The molecule has 17 heavy (non-hydrogen) atoms. The van der Waals surface area contributed by atoms with Gasteiger partial charge in [-0.05, 0) is 17.9 Å². The van der Waals surface area contributed by atoms with Gasteiger partial charge in [-0.15, -0.1) is 11.3 Å². The van der Waals surface area contributed by atoms with Gasteiger partial charge in [0.2, 0.25) is 10.0 Å². The van der Waals surface area contributed by atoms with Crippen LogP contribution >= 0.6 is 11.3 Å². The normalized spacial score (nSPS) is 12.9. The molecular formula is C11H19NO3S2. The Morgan fingerprint density at radius 1 is 1.41 bits per heavy atom. The number of thiophene rings is 1. The van der Waals surface area contributed by atoms with Crippen LogP contribution in [-0.4, -0.2) is 20.1 Å². The predicted molar refractivity (Wildman–Crippen MR) is 69.5 cm³/mol. The van der Waals surface area contributed by atoms with Crippen LogP contribution in [0, 0.1) is 5.41 Å². The molecule has 1 heterocycles. The number of hydrogen-bond acceptors (Lipinski definition) is 4. The van der Waals surface area contributed by atoms with Gasteiger partial charge in [0.1, 0.15) is 0 Å². The van der Waals surface area contributed by atoms with Crippen molar-refractivity contribution >= 4 is 21.4 Å². The van der Waals surface area contributed by atoms with Gasteiger partial charge in [0, 0.05) is 16.8 Å². The van der Waals surface area contributed by atoms with E-state index in [4.69, 9.17) is 5.11 Å². The molecular weight excluding hydrogens is 258 g/mol. The highest BCUT2D eigenvalue weighted by molar-refractivity contribution is 7.89. The van der Waals surface area contributed by atoms with Crippen LogP contribution in [0.4, 0.5) is 0 Å². The lowest BCUT2D eigenvalue weighted by Gasteiger charge is -2.17. The van der Waals surface area contributed by atoms with E-state index >= 15 is 0 Å². The van der Waals surface area contributed by atoms with Crippen molar-refractivity contribution in [1.29, 1.82) is 0 Å². The fourth-order valence-electron chi connectivity index (χ4n) is 1.23. The predicted octanol–water partition coefficient (Wildman–Crippen LogP) is 1.95. The second kappa shape index (κ2) is 5.48. The maximum Gasteiger partial charge on any atom is 0.241 e. The minimum absolute atomic E-state index is 0.105. The summed E-state index contributed by atoms with van der Waals surface area (Å²) in [5.41, 5.74) is 0.105. The first kappa shape index (κ1) is 14.6. The molecule has 0 amide bonds. The number of hydrogen-bond donors (Lipinski definition) is 2. The molecule has 1 aromatic heterocycles. The van der Waals surface area contributed by atoms with Gasteiger partial charge in [0.25, 0.3) is 0 Å². The van der Waals surface area contributed by atoms with Crippen molar-refractivity contribution in [1.82, 2.24) is 4.72 Å². The maximum atomic E-state index is 11.9. The summed E-state index contributed by atoms with van der Waals surface area (Å²) < 4.78 is 26.3. The monoisotopic (exact) mass is 277 g/mol. The lowest BCUT2D eigenvalue weighted by Crippen LogP contribution is -2.27. The molecule has 0 aliphatic heterocycles. The molecule has 0 spiro atoms. The van der Waals surface area contributed by atoms with Crippen molar-refractivity contribution in [2.45, 2.75) is 38.7 Å². The second-order valence-corrected chi connectivity index (χ2v) is 7.88. The molecule has 0 unspecified atom stereocenters. The van der Waals surface area contributed by atoms with E-state index < -0.39 is 10.0 Å². The highest BCUT2D eigenvalue weighted by Crippen LogP contribution is 2.20. The Morgan fingerprint density at radius 3 is 2.53 bits per heavy atom. The number of rotatable bonds is 5. The van der Waals surface area contributed by atoms with Gasteiger partial charge in [-0.3, -0.25) is 0 Å². The average molecular weight is 277 g/mol. The van der Waals surface area contributed by atoms with E-state index in [1.54, 1.807) is 5.38 Å². The van der Waals surface area contributed by atoms with Gasteiger partial charge < -0.3 is 5.11 Å². The van der Waals surface area contributed by atoms with Crippen LogP contribution in [0.25, 0.3) is 0 Å². The van der Waals surface area contributed by atoms with Crippen molar-refractivity contribution in [2.24, 2.45) is 5.41 Å². The summed E-state index contributed by atoms with van der Waals surface area (Å²) in [5, 5.41) is 10.4. The highest BCUT2D eigenvalue weighted by Gasteiger charge is 2.17. The molecule has 0 radical (unpaired) electrons. The Bertz CT molecular complexity index is 457. The van der Waals surface area contributed by atoms with Crippen LogP contribution in [0.2, 0.25) is 0 Å². The third kappa shape index (κ3) is 4.75. The smallest absolute Gasteiger partial charge is 0.241 e. The van der Waals surface area contributed by atoms with Gasteiger partial charge in [-0.1, -0.05) is 20.8 Å². The van der Waals surface area contributed by atoms with Crippen molar-refractivity contribution in [3.63, 3.8) is 0 Å². The van der Waals surface area contributed by atoms with Gasteiger partial charge in [-0.2, -0.15) is 0 Å². The summed E-state index contributed by atoms with van der Waals surface area (Å²) in [6.07, 6.45) is 0.781. The standard InChI is InChI=1S/C11H19NO3S2/c1-11(2,3)4-5-12-17(14,15)10-6-9(7-13)16-8-10/h6,8,12-13H,4-5,7H2,1-3H3. The largest absolute Gasteiger partial charge is 0.391 e. The second-order valence-electron chi connectivity index (χ2n) is 5.12. The van der Waals surface area contributed by atoms with Crippen LogP contribution in [0.5, 0.6) is 0 Å². The Hall–Kier alpha value is -0.430. The summed E-state index contributed by atoms with van der Waals surface area (Å²) in [5.74, 6) is 0. The minimum Gasteiger partial charge on any atom is -0.391 e. The summed E-state index contributed by atoms with van der Waals surface area (Å²) in [7, 11) is -3.42. The third-order valence-corrected chi connectivity index (χ3v) is 4.77. The van der Waals surface area contributed by atoms with Crippen molar-refractivity contribution < 1.29 is 13.5 Å². The molecule has 0 aromatic carbocycles. The highest BCUT2D eigenvalue weighted by atomic mass is 32.2. The summed E-state index contributed by atoms with van der Waals surface area (Å²) in [6, 6.07) is 1.50. The van der Waals surface area contributed by atoms with Crippen molar-refractivity contribution in [3.05, 3.63) is 16.3 Å². The molecule has 0 atom stereocenters. The number of aliphatic hydroxyl groups excluding tert-OH is 1. The molecule has 98 valence electrons. The van der Waals surface area contributed by atoms with E-state index in [0.717, 1.165) is 6.42 Å². The zero-order chi connectivity index (χ0) is 13.1. The Labute approximate surface area is 107 Å². The molecule has 0 fully saturated rings. The van der Waals surface area contributed by atoms with E-state index in [1.807, 2.05) is 0 Å². The van der Waals surface area contributed by atoms with Crippen LogP contribution in [-0.2, 0) is 16.6 Å². The number of aliphatic hydroxyl groups is 1. The lowest BCUT2D eigenvalue weighted by atomic mass is 9.93. The van der Waals surface area contributed by atoms with Crippen molar-refractivity contribution in [3.8, 4) is 0 Å². The molecule has 4 nitrogen and oxygen atoms in total. The van der Waals surface area contributed by atoms with Crippen LogP contribution in [0.1, 0.15) is 32.1 Å². The minimum atomic E-state index is -3.42. The van der Waals surface area contributed by atoms with Gasteiger partial charge in [0.05, 0.1) is 11.5 Å². The molecule has 0 saturated heterocycles. The van der Waals surface area contributed by atoms with Crippen molar-refractivity contribution in [2.75, 3.05) is 6.54 Å². The Balaban J connectivity index is 2.63. The van der Waals surface area contributed by atoms with E-state index in [-0.39, 0.29) is 16.9 Å². The van der Waals surface area contributed by atoms with E-state index in [0.29, 0.717) is 11.4 Å². The quantitative estimate of drug-likeness (QED) is 0.864. The van der Waals surface area contributed by atoms with E-state index in [9.17, 15) is 8.42 Å². The first-order valence-corrected chi connectivity index (χ1v) is 7.79. The number of nitrogens with one attached hydrogen (secondary N) is 1. The van der Waals surface area contributed by atoms with E-state index in [1.165, 1.54) is 17.4 Å². The van der Waals surface area contributed by atoms with Crippen LogP contribution in [0.15, 0.2) is 16.3 Å². The van der Waals surface area contributed by atoms with Crippen LogP contribution < -0.4 is 4.72 Å².